The van der Waals surface area contributed by atoms with Gasteiger partial charge < -0.3 is 5.32 Å². The van der Waals surface area contributed by atoms with Gasteiger partial charge in [-0.3, -0.25) is 14.2 Å². The third-order valence-electron chi connectivity index (χ3n) is 5.32. The summed E-state index contributed by atoms with van der Waals surface area (Å²) in [6.45, 7) is 2.93. The molecular weight excluding hydrogens is 422 g/mol. The molecule has 1 aromatic heterocycles. The largest absolute Gasteiger partial charge is 0.324 e. The molecule has 158 valence electrons. The maximum Gasteiger partial charge on any atom is 0.308 e. The first-order valence-corrected chi connectivity index (χ1v) is 12.2. The Kier molecular flexibility index (Phi) is 5.77. The summed E-state index contributed by atoms with van der Waals surface area (Å²) in [5, 5.41) is 2.87. The fraction of sp³-hybridized carbons (Fsp3) is 0.333. The molecule has 0 radical (unpaired) electrons. The lowest BCUT2D eigenvalue weighted by Gasteiger charge is -2.15. The molecule has 3 aromatic rings. The van der Waals surface area contributed by atoms with Crippen molar-refractivity contribution in [1.82, 2.24) is 8.87 Å². The van der Waals surface area contributed by atoms with E-state index in [-0.39, 0.29) is 22.2 Å². The maximum atomic E-state index is 12.8. The Bertz CT molecular complexity index is 1250. The number of anilines is 1. The van der Waals surface area contributed by atoms with E-state index in [9.17, 15) is 18.0 Å². The third-order valence-corrected chi connectivity index (χ3v) is 8.15. The Morgan fingerprint density at radius 1 is 1.13 bits per heavy atom. The minimum absolute atomic E-state index is 0.130. The van der Waals surface area contributed by atoms with Crippen LogP contribution < -0.4 is 10.2 Å². The number of aromatic nitrogens is 1. The first-order valence-electron chi connectivity index (χ1n) is 9.91. The molecule has 1 saturated heterocycles. The van der Waals surface area contributed by atoms with E-state index in [0.717, 1.165) is 41.9 Å². The number of amides is 1. The van der Waals surface area contributed by atoms with Gasteiger partial charge >= 0.3 is 4.87 Å². The highest BCUT2D eigenvalue weighted by Crippen LogP contribution is 2.26. The number of aryl methyl sites for hydroxylation is 1. The van der Waals surface area contributed by atoms with Crippen molar-refractivity contribution in [2.75, 3.05) is 18.4 Å². The van der Waals surface area contributed by atoms with Gasteiger partial charge in [0.25, 0.3) is 0 Å². The molecule has 0 aliphatic carbocycles. The van der Waals surface area contributed by atoms with E-state index in [1.54, 1.807) is 6.07 Å². The summed E-state index contributed by atoms with van der Waals surface area (Å²) in [5.74, 6) is -0.300. The van der Waals surface area contributed by atoms with Gasteiger partial charge in [-0.05, 0) is 49.1 Å². The fourth-order valence-electron chi connectivity index (χ4n) is 3.72. The number of sulfonamides is 1. The monoisotopic (exact) mass is 445 g/mol. The van der Waals surface area contributed by atoms with E-state index >= 15 is 0 Å². The SMILES string of the molecule is CCc1ccccc1NC(=O)Cn1c(=O)sc2cc(S(=O)(=O)N3CCCC3)ccc21. The van der Waals surface area contributed by atoms with Gasteiger partial charge in [0.05, 0.1) is 15.1 Å². The third kappa shape index (κ3) is 3.92. The average Bonchev–Trinajstić information content (AvgIpc) is 3.37. The fourth-order valence-corrected chi connectivity index (χ4v) is 6.27. The number of nitrogens with zero attached hydrogens (tertiary/aromatic N) is 2. The standard InChI is InChI=1S/C21H23N3O4S2/c1-2-15-7-3-4-8-17(15)22-20(25)14-24-18-10-9-16(13-19(18)29-21(24)26)30(27,28)23-11-5-6-12-23/h3-4,7-10,13H,2,5-6,11-12,14H2,1H3,(H,22,25). The lowest BCUT2D eigenvalue weighted by Crippen LogP contribution is -2.27. The van der Waals surface area contributed by atoms with Crippen LogP contribution in [0.3, 0.4) is 0 Å². The number of para-hydroxylation sites is 1. The predicted molar refractivity (Wildman–Crippen MR) is 119 cm³/mol. The smallest absolute Gasteiger partial charge is 0.308 e. The van der Waals surface area contributed by atoms with Gasteiger partial charge in [-0.2, -0.15) is 4.31 Å². The second-order valence-electron chi connectivity index (χ2n) is 7.25. The van der Waals surface area contributed by atoms with E-state index in [1.165, 1.54) is 21.0 Å². The molecule has 1 N–H and O–H groups in total. The zero-order valence-electron chi connectivity index (χ0n) is 16.6. The van der Waals surface area contributed by atoms with Crippen LogP contribution in [0.1, 0.15) is 25.3 Å². The highest BCUT2D eigenvalue weighted by molar-refractivity contribution is 7.89. The van der Waals surface area contributed by atoms with Gasteiger partial charge in [0, 0.05) is 18.8 Å². The lowest BCUT2D eigenvalue weighted by molar-refractivity contribution is -0.116. The van der Waals surface area contributed by atoms with Crippen LogP contribution in [0.5, 0.6) is 0 Å². The molecule has 0 unspecified atom stereocenters. The van der Waals surface area contributed by atoms with E-state index in [4.69, 9.17) is 0 Å². The number of hydrogen-bond acceptors (Lipinski definition) is 5. The summed E-state index contributed by atoms with van der Waals surface area (Å²) in [6, 6.07) is 12.2. The molecular formula is C21H23N3O4S2. The number of hydrogen-bond donors (Lipinski definition) is 1. The van der Waals surface area contributed by atoms with E-state index < -0.39 is 10.0 Å². The van der Waals surface area contributed by atoms with Crippen LogP contribution in [0.15, 0.2) is 52.2 Å². The number of nitrogens with one attached hydrogen (secondary N) is 1. The highest BCUT2D eigenvalue weighted by Gasteiger charge is 2.27. The molecule has 1 aliphatic heterocycles. The molecule has 1 fully saturated rings. The zero-order chi connectivity index (χ0) is 21.3. The van der Waals surface area contributed by atoms with E-state index in [0.29, 0.717) is 23.3 Å². The molecule has 9 heteroatoms. The minimum atomic E-state index is -3.56. The van der Waals surface area contributed by atoms with Crippen molar-refractivity contribution in [2.24, 2.45) is 0 Å². The first kappa shape index (κ1) is 20.8. The van der Waals surface area contributed by atoms with Crippen LogP contribution >= 0.6 is 11.3 Å². The van der Waals surface area contributed by atoms with Gasteiger partial charge in [0.1, 0.15) is 6.54 Å². The molecule has 2 heterocycles. The lowest BCUT2D eigenvalue weighted by atomic mass is 10.1. The van der Waals surface area contributed by atoms with Crippen molar-refractivity contribution in [1.29, 1.82) is 0 Å². The molecule has 7 nitrogen and oxygen atoms in total. The van der Waals surface area contributed by atoms with Crippen molar-refractivity contribution in [3.05, 3.63) is 57.7 Å². The normalized spacial score (nSPS) is 15.0. The maximum absolute atomic E-state index is 12.8. The average molecular weight is 446 g/mol. The van der Waals surface area contributed by atoms with Gasteiger partial charge in [-0.25, -0.2) is 8.42 Å². The molecule has 4 rings (SSSR count). The van der Waals surface area contributed by atoms with Crippen LogP contribution in [0, 0.1) is 0 Å². The molecule has 0 bridgehead atoms. The van der Waals surface area contributed by atoms with Crippen LogP contribution in [-0.4, -0.2) is 36.3 Å². The summed E-state index contributed by atoms with van der Waals surface area (Å²) in [4.78, 5) is 25.0. The van der Waals surface area contributed by atoms with Crippen molar-refractivity contribution in [3.8, 4) is 0 Å². The predicted octanol–water partition coefficient (Wildman–Crippen LogP) is 3.05. The quantitative estimate of drug-likeness (QED) is 0.632. The summed E-state index contributed by atoms with van der Waals surface area (Å²) in [6.07, 6.45) is 2.51. The summed E-state index contributed by atoms with van der Waals surface area (Å²) >= 11 is 0.952. The number of carbonyl (C=O) groups is 1. The molecule has 1 amide bonds. The second-order valence-corrected chi connectivity index (χ2v) is 10.2. The molecule has 0 saturated carbocycles. The van der Waals surface area contributed by atoms with Crippen molar-refractivity contribution < 1.29 is 13.2 Å². The Morgan fingerprint density at radius 3 is 2.60 bits per heavy atom. The highest BCUT2D eigenvalue weighted by atomic mass is 32.2. The number of fused-ring (bicyclic) bond motifs is 1. The molecule has 2 aromatic carbocycles. The van der Waals surface area contributed by atoms with Crippen LogP contribution in [0.2, 0.25) is 0 Å². The van der Waals surface area contributed by atoms with Gasteiger partial charge in [-0.15, -0.1) is 0 Å². The van der Waals surface area contributed by atoms with Crippen LogP contribution in [-0.2, 0) is 27.8 Å². The molecule has 1 aliphatic rings. The van der Waals surface area contributed by atoms with Crippen LogP contribution in [0.4, 0.5) is 5.69 Å². The number of thiazole rings is 1. The van der Waals surface area contributed by atoms with Crippen LogP contribution in [0.25, 0.3) is 10.2 Å². The first-order chi connectivity index (χ1) is 14.4. The molecule has 0 spiro atoms. The Labute approximate surface area is 179 Å². The zero-order valence-corrected chi connectivity index (χ0v) is 18.3. The second kappa shape index (κ2) is 8.33. The number of benzene rings is 2. The molecule has 0 atom stereocenters. The summed E-state index contributed by atoms with van der Waals surface area (Å²) in [7, 11) is -3.56. The van der Waals surface area contributed by atoms with E-state index in [1.807, 2.05) is 31.2 Å². The summed E-state index contributed by atoms with van der Waals surface area (Å²) < 4.78 is 29.0. The molecule has 30 heavy (non-hydrogen) atoms. The van der Waals surface area contributed by atoms with E-state index in [2.05, 4.69) is 5.32 Å². The van der Waals surface area contributed by atoms with Crippen molar-refractivity contribution in [2.45, 2.75) is 37.6 Å². The Hall–Kier alpha value is -2.49. The van der Waals surface area contributed by atoms with Gasteiger partial charge in [-0.1, -0.05) is 36.5 Å². The number of carbonyl (C=O) groups excluding carboxylic acids is 1. The Balaban J connectivity index is 1.60. The topological polar surface area (TPSA) is 88.5 Å². The number of rotatable bonds is 6. The summed E-state index contributed by atoms with van der Waals surface area (Å²) in [5.41, 5.74) is 2.31. The van der Waals surface area contributed by atoms with Gasteiger partial charge in [0.15, 0.2) is 0 Å². The van der Waals surface area contributed by atoms with Gasteiger partial charge in [0.2, 0.25) is 15.9 Å². The Morgan fingerprint density at radius 2 is 1.87 bits per heavy atom. The van der Waals surface area contributed by atoms with Crippen molar-refractivity contribution >= 4 is 43.2 Å². The van der Waals surface area contributed by atoms with Crippen molar-refractivity contribution in [3.63, 3.8) is 0 Å². The minimum Gasteiger partial charge on any atom is -0.324 e.